The molecule has 0 bridgehead atoms. The molecule has 0 saturated heterocycles. The third-order valence-corrected chi connectivity index (χ3v) is 7.98. The number of amides is 2. The Kier molecular flexibility index (Phi) is 10.6. The topological polar surface area (TPSA) is 120 Å². The van der Waals surface area contributed by atoms with Crippen LogP contribution < -0.4 is 39.4 Å². The number of fused-ring (bicyclic) bond motifs is 6. The molecule has 12 heteroatoms. The van der Waals surface area contributed by atoms with Gasteiger partial charge in [-0.05, 0) is 91.5 Å². The van der Waals surface area contributed by atoms with Gasteiger partial charge >= 0.3 is 12.2 Å². The van der Waals surface area contributed by atoms with Crippen molar-refractivity contribution in [3.05, 3.63) is 35.4 Å². The van der Waals surface area contributed by atoms with E-state index < -0.39 is 11.2 Å². The van der Waals surface area contributed by atoms with Crippen LogP contribution in [-0.4, -0.2) is 88.1 Å². The van der Waals surface area contributed by atoms with E-state index in [1.54, 1.807) is 0 Å². The number of ether oxygens (including phenoxy) is 6. The van der Waals surface area contributed by atoms with Crippen molar-refractivity contribution in [3.8, 4) is 23.0 Å². The molecule has 0 aliphatic carbocycles. The second kappa shape index (κ2) is 14.5. The number of hydrogen-bond donors (Lipinski definition) is 2. The molecule has 2 aromatic rings. The van der Waals surface area contributed by atoms with Crippen LogP contribution in [0.15, 0.2) is 24.3 Å². The molecule has 0 saturated carbocycles. The van der Waals surface area contributed by atoms with E-state index >= 15 is 0 Å². The molecular weight excluding hydrogens is 616 g/mol. The van der Waals surface area contributed by atoms with Crippen molar-refractivity contribution < 1.29 is 38.0 Å². The lowest BCUT2D eigenvalue weighted by Crippen LogP contribution is -2.43. The van der Waals surface area contributed by atoms with Gasteiger partial charge in [0.05, 0.1) is 11.4 Å². The number of carbonyl (C=O) groups is 2. The molecule has 0 radical (unpaired) electrons. The third-order valence-electron chi connectivity index (χ3n) is 7.98. The molecule has 2 N–H and O–H groups in total. The van der Waals surface area contributed by atoms with E-state index in [0.717, 1.165) is 60.3 Å². The zero-order valence-corrected chi connectivity index (χ0v) is 29.7. The number of hydrogen-bond acceptors (Lipinski definition) is 10. The van der Waals surface area contributed by atoms with Crippen molar-refractivity contribution in [1.29, 1.82) is 0 Å². The summed E-state index contributed by atoms with van der Waals surface area (Å²) in [4.78, 5) is 28.4. The molecule has 264 valence electrons. The van der Waals surface area contributed by atoms with Crippen LogP contribution in [0.4, 0.5) is 21.0 Å². The van der Waals surface area contributed by atoms with E-state index in [1.165, 1.54) is 11.1 Å². The van der Waals surface area contributed by atoms with Gasteiger partial charge in [-0.2, -0.15) is 0 Å². The first-order valence-corrected chi connectivity index (χ1v) is 17.0. The molecule has 2 aromatic carbocycles. The van der Waals surface area contributed by atoms with E-state index in [9.17, 15) is 9.59 Å². The molecule has 0 spiro atoms. The van der Waals surface area contributed by atoms with Gasteiger partial charge in [-0.3, -0.25) is 0 Å². The highest BCUT2D eigenvalue weighted by molar-refractivity contribution is 5.74. The largest absolute Gasteiger partial charge is 0.486 e. The summed E-state index contributed by atoms with van der Waals surface area (Å²) in [7, 11) is 0. The maximum Gasteiger partial charge on any atom is 0.407 e. The fourth-order valence-electron chi connectivity index (χ4n) is 6.25. The Morgan fingerprint density at radius 1 is 0.667 bits per heavy atom. The van der Waals surface area contributed by atoms with Gasteiger partial charge in [0.25, 0.3) is 0 Å². The van der Waals surface area contributed by atoms with E-state index in [2.05, 4.69) is 32.6 Å². The van der Waals surface area contributed by atoms with Crippen LogP contribution in [0.25, 0.3) is 0 Å². The number of alkyl carbamates (subject to hydrolysis) is 2. The molecule has 4 aliphatic rings. The van der Waals surface area contributed by atoms with Gasteiger partial charge in [-0.15, -0.1) is 0 Å². The molecular formula is C36H52N4O8. The van der Waals surface area contributed by atoms with Gasteiger partial charge < -0.3 is 48.9 Å². The van der Waals surface area contributed by atoms with Crippen molar-refractivity contribution in [2.24, 2.45) is 0 Å². The summed E-state index contributed by atoms with van der Waals surface area (Å²) in [6.45, 7) is 20.7. The van der Waals surface area contributed by atoms with Crippen LogP contribution in [-0.2, 0) is 22.3 Å². The fraction of sp³-hybridized carbons (Fsp3) is 0.611. The summed E-state index contributed by atoms with van der Waals surface area (Å²) in [6.07, 6.45) is 1.18. The van der Waals surface area contributed by atoms with E-state index in [4.69, 9.17) is 28.4 Å². The lowest BCUT2D eigenvalue weighted by molar-refractivity contribution is 0.0498. The highest BCUT2D eigenvalue weighted by Gasteiger charge is 2.31. The predicted molar refractivity (Wildman–Crippen MR) is 184 cm³/mol. The Morgan fingerprint density at radius 3 is 1.42 bits per heavy atom. The Morgan fingerprint density at radius 2 is 1.04 bits per heavy atom. The van der Waals surface area contributed by atoms with Crippen molar-refractivity contribution in [1.82, 2.24) is 10.6 Å². The minimum atomic E-state index is -0.492. The number of carbonyl (C=O) groups excluding carboxylic acids is 2. The number of nitrogens with zero attached hydrogens (tertiary/aromatic N) is 2. The first-order valence-electron chi connectivity index (χ1n) is 17.0. The minimum absolute atomic E-state index is 0.0360. The zero-order chi connectivity index (χ0) is 34.6. The number of anilines is 2. The summed E-state index contributed by atoms with van der Waals surface area (Å²) in [5.41, 5.74) is 3.75. The standard InChI is InChI=1S/2C18H26N2O4/c2*1-12(19-17(21)24-18(2,3)4)11-20-8-7-13-5-6-14-16(15(13)20)23-10-9-22-14/h2*5-6,12H,7-11H2,1-4H3,(H,19,21)/t2*12-/m00/s1. The van der Waals surface area contributed by atoms with Crippen LogP contribution in [0, 0.1) is 0 Å². The number of benzene rings is 2. The predicted octanol–water partition coefficient (Wildman–Crippen LogP) is 5.47. The average molecular weight is 669 g/mol. The maximum absolute atomic E-state index is 11.9. The summed E-state index contributed by atoms with van der Waals surface area (Å²) in [5.74, 6) is 3.28. The highest BCUT2D eigenvalue weighted by Crippen LogP contribution is 2.46. The summed E-state index contributed by atoms with van der Waals surface area (Å²) >= 11 is 0. The molecule has 4 heterocycles. The quantitative estimate of drug-likeness (QED) is 0.410. The van der Waals surface area contributed by atoms with Crippen LogP contribution in [0.2, 0.25) is 0 Å². The molecule has 2 amide bonds. The number of rotatable bonds is 6. The zero-order valence-electron chi connectivity index (χ0n) is 29.7. The highest BCUT2D eigenvalue weighted by atomic mass is 16.6. The molecule has 6 rings (SSSR count). The molecule has 4 aliphatic heterocycles. The Balaban J connectivity index is 0.000000188. The second-order valence-corrected chi connectivity index (χ2v) is 14.7. The average Bonchev–Trinajstić information content (AvgIpc) is 3.59. The van der Waals surface area contributed by atoms with E-state index in [0.29, 0.717) is 39.5 Å². The van der Waals surface area contributed by atoms with Crippen molar-refractivity contribution in [3.63, 3.8) is 0 Å². The molecule has 2 atom stereocenters. The van der Waals surface area contributed by atoms with Crippen LogP contribution >= 0.6 is 0 Å². The molecule has 0 fully saturated rings. The van der Waals surface area contributed by atoms with Crippen molar-refractivity contribution >= 4 is 23.6 Å². The normalized spacial score (nSPS) is 17.2. The van der Waals surface area contributed by atoms with Gasteiger partial charge in [0.1, 0.15) is 37.6 Å². The smallest absolute Gasteiger partial charge is 0.407 e. The van der Waals surface area contributed by atoms with Gasteiger partial charge in [-0.1, -0.05) is 12.1 Å². The van der Waals surface area contributed by atoms with Crippen molar-refractivity contribution in [2.45, 2.75) is 91.5 Å². The third kappa shape index (κ3) is 9.02. The Hall–Kier alpha value is -4.22. The number of nitrogens with one attached hydrogen (secondary N) is 2. The fourth-order valence-corrected chi connectivity index (χ4v) is 6.25. The maximum atomic E-state index is 11.9. The Labute approximate surface area is 284 Å². The SMILES string of the molecule is C[C@@H](CN1CCc2ccc3c(c21)OCCO3)NC(=O)OC(C)(C)C.C[C@@H](CN1CCc2ccc3c(c21)OCCO3)NC(=O)OC(C)(C)C. The lowest BCUT2D eigenvalue weighted by atomic mass is 10.1. The van der Waals surface area contributed by atoms with Gasteiger partial charge in [0, 0.05) is 38.3 Å². The first-order chi connectivity index (χ1) is 22.7. The van der Waals surface area contributed by atoms with Gasteiger partial charge in [0.2, 0.25) is 0 Å². The summed E-state index contributed by atoms with van der Waals surface area (Å²) in [5, 5.41) is 5.80. The molecule has 0 unspecified atom stereocenters. The van der Waals surface area contributed by atoms with Crippen LogP contribution in [0.1, 0.15) is 66.5 Å². The monoisotopic (exact) mass is 668 g/mol. The summed E-state index contributed by atoms with van der Waals surface area (Å²) < 4.78 is 33.7. The Bertz CT molecular complexity index is 1360. The lowest BCUT2D eigenvalue weighted by Gasteiger charge is -2.29. The van der Waals surface area contributed by atoms with Crippen LogP contribution in [0.5, 0.6) is 23.0 Å². The van der Waals surface area contributed by atoms with Crippen molar-refractivity contribution in [2.75, 3.05) is 62.4 Å². The molecule has 0 aromatic heterocycles. The van der Waals surface area contributed by atoms with Gasteiger partial charge in [0.15, 0.2) is 23.0 Å². The summed E-state index contributed by atoms with van der Waals surface area (Å²) in [6, 6.07) is 8.11. The molecule has 12 nitrogen and oxygen atoms in total. The minimum Gasteiger partial charge on any atom is -0.486 e. The first kappa shape index (κ1) is 35.1. The van der Waals surface area contributed by atoms with Gasteiger partial charge in [-0.25, -0.2) is 9.59 Å². The van der Waals surface area contributed by atoms with Crippen LogP contribution in [0.3, 0.4) is 0 Å². The van der Waals surface area contributed by atoms with E-state index in [-0.39, 0.29) is 24.3 Å². The molecule has 48 heavy (non-hydrogen) atoms. The van der Waals surface area contributed by atoms with E-state index in [1.807, 2.05) is 67.5 Å². The second-order valence-electron chi connectivity index (χ2n) is 14.7.